The van der Waals surface area contributed by atoms with Crippen molar-refractivity contribution in [2.75, 3.05) is 12.0 Å². The van der Waals surface area contributed by atoms with Crippen molar-refractivity contribution in [2.24, 2.45) is 11.3 Å². The second-order valence-electron chi connectivity index (χ2n) is 5.58. The van der Waals surface area contributed by atoms with Gasteiger partial charge in [-0.05, 0) is 24.2 Å². The van der Waals surface area contributed by atoms with E-state index in [1.54, 1.807) is 0 Å². The van der Waals surface area contributed by atoms with E-state index in [2.05, 4.69) is 27.7 Å². The second-order valence-corrected chi connectivity index (χ2v) is 7.83. The summed E-state index contributed by atoms with van der Waals surface area (Å²) in [5.41, 5.74) is 0.159. The van der Waals surface area contributed by atoms with E-state index >= 15 is 0 Å². The van der Waals surface area contributed by atoms with Gasteiger partial charge in [-0.15, -0.1) is 0 Å². The zero-order valence-electron chi connectivity index (χ0n) is 10.4. The topological polar surface area (TPSA) is 54.4 Å². The molecule has 4 heteroatoms. The van der Waals surface area contributed by atoms with E-state index in [9.17, 15) is 13.5 Å². The molecule has 0 aromatic rings. The molecule has 15 heavy (non-hydrogen) atoms. The van der Waals surface area contributed by atoms with E-state index in [1.807, 2.05) is 0 Å². The summed E-state index contributed by atoms with van der Waals surface area (Å²) in [7, 11) is -2.95. The van der Waals surface area contributed by atoms with Gasteiger partial charge in [0.05, 0.1) is 11.9 Å². The third-order valence-electron chi connectivity index (χ3n) is 2.93. The van der Waals surface area contributed by atoms with Gasteiger partial charge >= 0.3 is 0 Å². The van der Waals surface area contributed by atoms with Crippen molar-refractivity contribution in [3.63, 3.8) is 0 Å². The van der Waals surface area contributed by atoms with Crippen LogP contribution in [0.1, 0.15) is 40.5 Å². The first kappa shape index (κ1) is 14.9. The maximum atomic E-state index is 10.9. The molecule has 2 unspecified atom stereocenters. The second kappa shape index (κ2) is 5.30. The summed E-state index contributed by atoms with van der Waals surface area (Å²) in [6.07, 6.45) is 1.71. The smallest absolute Gasteiger partial charge is 0.147 e. The van der Waals surface area contributed by atoms with Gasteiger partial charge in [0, 0.05) is 6.26 Å². The molecular weight excluding hydrogens is 212 g/mol. The first-order valence-electron chi connectivity index (χ1n) is 5.38. The number of aliphatic hydroxyl groups excluding tert-OH is 1. The highest BCUT2D eigenvalue weighted by Gasteiger charge is 2.23. The summed E-state index contributed by atoms with van der Waals surface area (Å²) in [5.74, 6) is 0.456. The molecule has 92 valence electrons. The number of aliphatic hydroxyl groups is 1. The van der Waals surface area contributed by atoms with Crippen LogP contribution in [-0.4, -0.2) is 31.6 Å². The Morgan fingerprint density at radius 3 is 2.07 bits per heavy atom. The lowest BCUT2D eigenvalue weighted by Crippen LogP contribution is -2.24. The fraction of sp³-hybridized carbons (Fsp3) is 1.00. The van der Waals surface area contributed by atoms with Crippen LogP contribution in [0.25, 0.3) is 0 Å². The maximum Gasteiger partial charge on any atom is 0.147 e. The minimum Gasteiger partial charge on any atom is -0.393 e. The van der Waals surface area contributed by atoms with Crippen LogP contribution in [-0.2, 0) is 9.84 Å². The average molecular weight is 236 g/mol. The Bertz CT molecular complexity index is 275. The summed E-state index contributed by atoms with van der Waals surface area (Å²) in [6, 6.07) is 0. The van der Waals surface area contributed by atoms with Crippen LogP contribution in [0.15, 0.2) is 0 Å². The fourth-order valence-electron chi connectivity index (χ4n) is 1.23. The lowest BCUT2D eigenvalue weighted by molar-refractivity contribution is 0.108. The zero-order chi connectivity index (χ0) is 12.3. The lowest BCUT2D eigenvalue weighted by Gasteiger charge is -2.29. The van der Waals surface area contributed by atoms with Gasteiger partial charge in [0.2, 0.25) is 0 Å². The predicted octanol–water partition coefficient (Wildman–Crippen LogP) is 1.85. The number of sulfone groups is 1. The standard InChI is InChI=1S/C11H24O3S/c1-9(11(2,3)4)8-10(12)6-7-15(5,13)14/h9-10,12H,6-8H2,1-5H3. The third kappa shape index (κ3) is 7.79. The molecule has 3 nitrogen and oxygen atoms in total. The van der Waals surface area contributed by atoms with Gasteiger partial charge in [0.15, 0.2) is 0 Å². The number of hydrogen-bond donors (Lipinski definition) is 1. The highest BCUT2D eigenvalue weighted by atomic mass is 32.2. The summed E-state index contributed by atoms with van der Waals surface area (Å²) in [5, 5.41) is 9.68. The molecule has 0 aromatic heterocycles. The van der Waals surface area contributed by atoms with Crippen molar-refractivity contribution in [3.05, 3.63) is 0 Å². The van der Waals surface area contributed by atoms with Gasteiger partial charge in [-0.25, -0.2) is 8.42 Å². The molecule has 0 amide bonds. The van der Waals surface area contributed by atoms with E-state index in [-0.39, 0.29) is 11.2 Å². The summed E-state index contributed by atoms with van der Waals surface area (Å²) >= 11 is 0. The Morgan fingerprint density at radius 2 is 1.73 bits per heavy atom. The van der Waals surface area contributed by atoms with Crippen LogP contribution in [0.3, 0.4) is 0 Å². The van der Waals surface area contributed by atoms with Crippen LogP contribution in [0.4, 0.5) is 0 Å². The molecule has 2 atom stereocenters. The Balaban J connectivity index is 4.00. The van der Waals surface area contributed by atoms with Crippen molar-refractivity contribution < 1.29 is 13.5 Å². The molecule has 0 saturated heterocycles. The first-order valence-corrected chi connectivity index (χ1v) is 7.44. The summed E-state index contributed by atoms with van der Waals surface area (Å²) < 4.78 is 21.8. The van der Waals surface area contributed by atoms with Crippen molar-refractivity contribution in [3.8, 4) is 0 Å². The highest BCUT2D eigenvalue weighted by molar-refractivity contribution is 7.90. The minimum absolute atomic E-state index is 0.0744. The monoisotopic (exact) mass is 236 g/mol. The Hall–Kier alpha value is -0.0900. The largest absolute Gasteiger partial charge is 0.393 e. The molecule has 0 bridgehead atoms. The minimum atomic E-state index is -2.95. The molecule has 0 heterocycles. The molecule has 1 N–H and O–H groups in total. The van der Waals surface area contributed by atoms with Crippen molar-refractivity contribution in [1.82, 2.24) is 0 Å². The van der Waals surface area contributed by atoms with Crippen LogP contribution in [0.2, 0.25) is 0 Å². The summed E-state index contributed by atoms with van der Waals surface area (Å²) in [6.45, 7) is 8.46. The normalized spacial score (nSPS) is 17.5. The van der Waals surface area contributed by atoms with Gasteiger partial charge in [0.25, 0.3) is 0 Å². The van der Waals surface area contributed by atoms with Crippen LogP contribution in [0, 0.1) is 11.3 Å². The first-order chi connectivity index (χ1) is 6.52. The number of hydrogen-bond acceptors (Lipinski definition) is 3. The molecule has 0 aromatic carbocycles. The lowest BCUT2D eigenvalue weighted by atomic mass is 9.79. The molecule has 0 radical (unpaired) electrons. The average Bonchev–Trinajstić information content (AvgIpc) is 1.97. The van der Waals surface area contributed by atoms with E-state index in [1.165, 1.54) is 6.26 Å². The Morgan fingerprint density at radius 1 is 1.27 bits per heavy atom. The molecule has 0 aliphatic heterocycles. The highest BCUT2D eigenvalue weighted by Crippen LogP contribution is 2.29. The van der Waals surface area contributed by atoms with Gasteiger partial charge in [-0.2, -0.15) is 0 Å². The van der Waals surface area contributed by atoms with E-state index in [0.717, 1.165) is 0 Å². The van der Waals surface area contributed by atoms with Crippen molar-refractivity contribution in [1.29, 1.82) is 0 Å². The fourth-order valence-corrected chi connectivity index (χ4v) is 1.93. The molecule has 0 aliphatic rings. The molecule has 0 aliphatic carbocycles. The SMILES string of the molecule is CC(CC(O)CCS(C)(=O)=O)C(C)(C)C. The third-order valence-corrected chi connectivity index (χ3v) is 3.90. The zero-order valence-corrected chi connectivity index (χ0v) is 11.3. The molecule has 0 saturated carbocycles. The Labute approximate surface area is 93.8 Å². The molecule has 0 spiro atoms. The Kier molecular flexibility index (Phi) is 5.27. The molecular formula is C11H24O3S. The van der Waals surface area contributed by atoms with Crippen molar-refractivity contribution in [2.45, 2.75) is 46.6 Å². The van der Waals surface area contributed by atoms with Crippen LogP contribution in [0.5, 0.6) is 0 Å². The van der Waals surface area contributed by atoms with E-state index in [0.29, 0.717) is 18.8 Å². The van der Waals surface area contributed by atoms with Gasteiger partial charge in [0.1, 0.15) is 9.84 Å². The number of rotatable bonds is 5. The summed E-state index contributed by atoms with van der Waals surface area (Å²) in [4.78, 5) is 0. The van der Waals surface area contributed by atoms with E-state index < -0.39 is 15.9 Å². The maximum absolute atomic E-state index is 10.9. The van der Waals surface area contributed by atoms with Crippen LogP contribution < -0.4 is 0 Å². The van der Waals surface area contributed by atoms with Gasteiger partial charge in [-0.3, -0.25) is 0 Å². The van der Waals surface area contributed by atoms with E-state index in [4.69, 9.17) is 0 Å². The van der Waals surface area contributed by atoms with Gasteiger partial charge < -0.3 is 5.11 Å². The van der Waals surface area contributed by atoms with Crippen molar-refractivity contribution >= 4 is 9.84 Å². The predicted molar refractivity (Wildman–Crippen MR) is 63.6 cm³/mol. The molecule has 0 fully saturated rings. The van der Waals surface area contributed by atoms with Gasteiger partial charge in [-0.1, -0.05) is 27.7 Å². The van der Waals surface area contributed by atoms with Crippen LogP contribution >= 0.6 is 0 Å². The quantitative estimate of drug-likeness (QED) is 0.792. The molecule has 0 rings (SSSR count).